The van der Waals surface area contributed by atoms with Gasteiger partial charge in [-0.15, -0.1) is 0 Å². The fourth-order valence-corrected chi connectivity index (χ4v) is 4.40. The Bertz CT molecular complexity index is 1200. The number of carbonyl (C=O) groups excluding carboxylic acids is 1. The molecule has 2 amide bonds. The maximum atomic E-state index is 13.6. The van der Waals surface area contributed by atoms with Gasteiger partial charge in [-0.25, -0.2) is 4.79 Å². The molecule has 8 heteroatoms. The zero-order chi connectivity index (χ0) is 24.9. The lowest BCUT2D eigenvalue weighted by molar-refractivity contribution is 0.193. The quantitative estimate of drug-likeness (QED) is 0.520. The first kappa shape index (κ1) is 24.1. The van der Waals surface area contributed by atoms with Gasteiger partial charge in [0, 0.05) is 12.6 Å². The van der Waals surface area contributed by atoms with Gasteiger partial charge in [-0.3, -0.25) is 0 Å². The Morgan fingerprint density at radius 2 is 1.40 bits per heavy atom. The van der Waals surface area contributed by atoms with Gasteiger partial charge in [0.25, 0.3) is 0 Å². The van der Waals surface area contributed by atoms with Gasteiger partial charge in [0.05, 0.1) is 47.3 Å². The number of hydrogen-bond acceptors (Lipinski definition) is 6. The third-order valence-electron chi connectivity index (χ3n) is 6.22. The summed E-state index contributed by atoms with van der Waals surface area (Å²) in [7, 11) is 8.00. The van der Waals surface area contributed by atoms with E-state index in [2.05, 4.69) is 5.32 Å². The van der Waals surface area contributed by atoms with E-state index >= 15 is 0 Å². The molecule has 0 fully saturated rings. The first-order valence-corrected chi connectivity index (χ1v) is 11.2. The van der Waals surface area contributed by atoms with Crippen LogP contribution in [-0.2, 0) is 6.42 Å². The highest BCUT2D eigenvalue weighted by Crippen LogP contribution is 2.42. The topological polar surface area (TPSA) is 78.5 Å². The molecule has 0 radical (unpaired) electrons. The molecule has 0 aliphatic carbocycles. The Kier molecular flexibility index (Phi) is 7.19. The summed E-state index contributed by atoms with van der Waals surface area (Å²) in [6.45, 7) is 0.517. The van der Waals surface area contributed by atoms with Crippen LogP contribution in [0.4, 0.5) is 10.5 Å². The van der Waals surface area contributed by atoms with Crippen molar-refractivity contribution in [3.8, 4) is 28.7 Å². The molecule has 1 aliphatic rings. The van der Waals surface area contributed by atoms with E-state index in [4.69, 9.17) is 23.7 Å². The van der Waals surface area contributed by atoms with Crippen LogP contribution < -0.4 is 29.0 Å². The molecule has 0 aromatic heterocycles. The fraction of sp³-hybridized carbons (Fsp3) is 0.296. The number of benzene rings is 3. The van der Waals surface area contributed by atoms with Crippen molar-refractivity contribution in [1.29, 1.82) is 0 Å². The second kappa shape index (κ2) is 10.5. The maximum Gasteiger partial charge on any atom is 0.322 e. The number of nitrogens with zero attached hydrogens (tertiary/aromatic N) is 1. The van der Waals surface area contributed by atoms with Gasteiger partial charge in [-0.2, -0.15) is 0 Å². The molecule has 0 unspecified atom stereocenters. The van der Waals surface area contributed by atoms with Gasteiger partial charge in [-0.1, -0.05) is 12.1 Å². The molecule has 0 bridgehead atoms. The second-order valence-electron chi connectivity index (χ2n) is 8.02. The first-order chi connectivity index (χ1) is 17.0. The summed E-state index contributed by atoms with van der Waals surface area (Å²) in [4.78, 5) is 15.5. The Labute approximate surface area is 205 Å². The molecule has 0 spiro atoms. The van der Waals surface area contributed by atoms with Crippen LogP contribution in [0, 0.1) is 0 Å². The average Bonchev–Trinajstić information content (AvgIpc) is 2.91. The van der Waals surface area contributed by atoms with Crippen molar-refractivity contribution in [3.63, 3.8) is 0 Å². The number of urea groups is 1. The van der Waals surface area contributed by atoms with Crippen molar-refractivity contribution in [2.24, 2.45) is 0 Å². The summed E-state index contributed by atoms with van der Waals surface area (Å²) in [6.07, 6.45) is 0.676. The van der Waals surface area contributed by atoms with Gasteiger partial charge in [-0.05, 0) is 59.5 Å². The van der Waals surface area contributed by atoms with E-state index in [1.165, 1.54) is 0 Å². The molecule has 1 heterocycles. The zero-order valence-corrected chi connectivity index (χ0v) is 20.6. The van der Waals surface area contributed by atoms with Gasteiger partial charge in [0.1, 0.15) is 17.2 Å². The van der Waals surface area contributed by atoms with Crippen LogP contribution >= 0.6 is 0 Å². The summed E-state index contributed by atoms with van der Waals surface area (Å²) in [5.74, 6) is 3.19. The number of nitrogens with one attached hydrogen (secondary N) is 1. The third-order valence-corrected chi connectivity index (χ3v) is 6.22. The molecular formula is C27H30N2O6. The molecule has 184 valence electrons. The summed E-state index contributed by atoms with van der Waals surface area (Å²) in [5.41, 5.74) is 3.60. The maximum absolute atomic E-state index is 13.6. The Morgan fingerprint density at radius 3 is 2.03 bits per heavy atom. The number of methoxy groups -OCH3 is 5. The Balaban J connectivity index is 1.75. The Morgan fingerprint density at radius 1 is 0.771 bits per heavy atom. The van der Waals surface area contributed by atoms with Gasteiger partial charge in [0.15, 0.2) is 11.5 Å². The minimum Gasteiger partial charge on any atom is -0.497 e. The number of rotatable bonds is 7. The highest BCUT2D eigenvalue weighted by Gasteiger charge is 2.34. The monoisotopic (exact) mass is 478 g/mol. The molecule has 4 rings (SSSR count). The number of hydrogen-bond donors (Lipinski definition) is 1. The van der Waals surface area contributed by atoms with E-state index in [9.17, 15) is 4.79 Å². The minimum atomic E-state index is -0.339. The van der Waals surface area contributed by atoms with Crippen LogP contribution in [0.25, 0.3) is 0 Å². The summed E-state index contributed by atoms with van der Waals surface area (Å²) in [6, 6.07) is 16.4. The molecule has 8 nitrogen and oxygen atoms in total. The predicted molar refractivity (Wildman–Crippen MR) is 133 cm³/mol. The minimum absolute atomic E-state index is 0.241. The number of anilines is 1. The van der Waals surface area contributed by atoms with Crippen LogP contribution in [0.15, 0.2) is 54.6 Å². The lowest BCUT2D eigenvalue weighted by Gasteiger charge is -2.38. The largest absolute Gasteiger partial charge is 0.497 e. The van der Waals surface area contributed by atoms with E-state index in [1.54, 1.807) is 53.7 Å². The lowest BCUT2D eigenvalue weighted by atomic mass is 9.87. The molecule has 3 aromatic carbocycles. The smallest absolute Gasteiger partial charge is 0.322 e. The van der Waals surface area contributed by atoms with Crippen LogP contribution in [0.3, 0.4) is 0 Å². The number of ether oxygens (including phenoxy) is 5. The summed E-state index contributed by atoms with van der Waals surface area (Å²) < 4.78 is 27.2. The molecule has 1 N–H and O–H groups in total. The van der Waals surface area contributed by atoms with Crippen molar-refractivity contribution in [1.82, 2.24) is 4.90 Å². The SMILES string of the molecule is COc1ccc([C@H]2c3cc(OC)c(OC)cc3CCN2C(=O)Nc2ccc(OC)cc2OC)cc1. The standard InChI is InChI=1S/C27H30N2O6/c1-31-19-8-6-17(7-9-19)26-21-16-25(35-5)24(34-4)14-18(21)12-13-29(26)27(30)28-22-11-10-20(32-2)15-23(22)33-3/h6-11,14-16,26H,12-13H2,1-5H3,(H,28,30)/t26-/m0/s1. The molecule has 3 aromatic rings. The van der Waals surface area contributed by atoms with E-state index < -0.39 is 0 Å². The second-order valence-corrected chi connectivity index (χ2v) is 8.02. The molecule has 0 saturated heterocycles. The fourth-order valence-electron chi connectivity index (χ4n) is 4.40. The highest BCUT2D eigenvalue weighted by molar-refractivity contribution is 5.92. The third kappa shape index (κ3) is 4.77. The van der Waals surface area contributed by atoms with E-state index in [0.29, 0.717) is 41.7 Å². The Hall–Kier alpha value is -4.07. The van der Waals surface area contributed by atoms with Crippen molar-refractivity contribution >= 4 is 11.7 Å². The lowest BCUT2D eigenvalue weighted by Crippen LogP contribution is -2.43. The molecule has 0 saturated carbocycles. The number of amides is 2. The summed E-state index contributed by atoms with van der Waals surface area (Å²) in [5, 5.41) is 3.01. The number of fused-ring (bicyclic) bond motifs is 1. The molecular weight excluding hydrogens is 448 g/mol. The van der Waals surface area contributed by atoms with E-state index in [-0.39, 0.29) is 12.1 Å². The summed E-state index contributed by atoms with van der Waals surface area (Å²) >= 11 is 0. The van der Waals surface area contributed by atoms with Crippen LogP contribution in [0.2, 0.25) is 0 Å². The van der Waals surface area contributed by atoms with Crippen molar-refractivity contribution < 1.29 is 28.5 Å². The molecule has 35 heavy (non-hydrogen) atoms. The van der Waals surface area contributed by atoms with Crippen LogP contribution in [0.1, 0.15) is 22.7 Å². The van der Waals surface area contributed by atoms with Gasteiger partial charge >= 0.3 is 6.03 Å². The normalized spacial score (nSPS) is 14.5. The molecule has 1 aliphatic heterocycles. The van der Waals surface area contributed by atoms with Crippen molar-refractivity contribution in [2.45, 2.75) is 12.5 Å². The van der Waals surface area contributed by atoms with Crippen molar-refractivity contribution in [3.05, 3.63) is 71.3 Å². The van der Waals surface area contributed by atoms with Gasteiger partial charge < -0.3 is 33.9 Å². The number of carbonyl (C=O) groups is 1. The first-order valence-electron chi connectivity index (χ1n) is 11.2. The van der Waals surface area contributed by atoms with Crippen LogP contribution in [-0.4, -0.2) is 53.0 Å². The highest BCUT2D eigenvalue weighted by atomic mass is 16.5. The van der Waals surface area contributed by atoms with E-state index in [0.717, 1.165) is 22.4 Å². The zero-order valence-electron chi connectivity index (χ0n) is 20.6. The van der Waals surface area contributed by atoms with Gasteiger partial charge in [0.2, 0.25) is 0 Å². The van der Waals surface area contributed by atoms with Crippen molar-refractivity contribution in [2.75, 3.05) is 47.4 Å². The van der Waals surface area contributed by atoms with Crippen LogP contribution in [0.5, 0.6) is 28.7 Å². The van der Waals surface area contributed by atoms with E-state index in [1.807, 2.05) is 41.3 Å². The molecule has 1 atom stereocenters. The average molecular weight is 479 g/mol. The predicted octanol–water partition coefficient (Wildman–Crippen LogP) is 4.91.